The zero-order valence-electron chi connectivity index (χ0n) is 36.3. The maximum absolute atomic E-state index is 14.7. The Bertz CT molecular complexity index is 2080. The number of aromatic hydroxyl groups is 2. The van der Waals surface area contributed by atoms with Gasteiger partial charge in [0.25, 0.3) is 11.7 Å². The smallest absolute Gasteiger partial charge is 0.872 e. The van der Waals surface area contributed by atoms with Gasteiger partial charge >= 0.3 is 41.3 Å². The van der Waals surface area contributed by atoms with Crippen LogP contribution < -0.4 is 44.7 Å². The van der Waals surface area contributed by atoms with E-state index in [1.165, 1.54) is 59.4 Å². The summed E-state index contributed by atoms with van der Waals surface area (Å²) < 4.78 is 23.5. The van der Waals surface area contributed by atoms with E-state index in [9.17, 15) is 39.9 Å². The number of fused-ring (bicyclic) bond motifs is 14. The predicted molar refractivity (Wildman–Crippen MR) is 218 cm³/mol. The van der Waals surface area contributed by atoms with Crippen molar-refractivity contribution in [2.45, 2.75) is 85.6 Å². The molecule has 0 saturated carbocycles. The molecule has 4 aliphatic heterocycles. The molecule has 5 bridgehead atoms. The number of hydrogen-bond acceptors (Lipinski definition) is 15. The second-order valence-electron chi connectivity index (χ2n) is 16.1. The van der Waals surface area contributed by atoms with Crippen molar-refractivity contribution >= 4 is 40.3 Å². The number of piperazine rings is 1. The second-order valence-corrected chi connectivity index (χ2v) is 16.1. The number of esters is 1. The predicted octanol–water partition coefficient (Wildman–Crippen LogP) is 0.707. The van der Waals surface area contributed by atoms with Gasteiger partial charge in [-0.05, 0) is 32.4 Å². The minimum absolute atomic E-state index is 0. The zero-order valence-corrected chi connectivity index (χ0v) is 38.3. The van der Waals surface area contributed by atoms with Gasteiger partial charge in [0.2, 0.25) is 0 Å². The van der Waals surface area contributed by atoms with Gasteiger partial charge in [-0.15, -0.1) is 0 Å². The molecule has 5 N–H and O–H groups in total. The zero-order chi connectivity index (χ0) is 43.7. The van der Waals surface area contributed by atoms with Crippen LogP contribution in [-0.2, 0) is 23.8 Å². The fourth-order valence-corrected chi connectivity index (χ4v) is 7.91. The number of nitrogens with zero attached hydrogens (tertiary/aromatic N) is 3. The van der Waals surface area contributed by atoms with E-state index in [-0.39, 0.29) is 74.0 Å². The number of carbonyl (C=O) groups is 3. The summed E-state index contributed by atoms with van der Waals surface area (Å²) in [4.78, 5) is 42.6. The molecule has 2 aromatic rings. The number of phenolic OH excluding ortho intramolecular Hbond substituents is 2. The molecule has 4 heterocycles. The molecular formula is C43H57N4NaO12. The van der Waals surface area contributed by atoms with Crippen molar-refractivity contribution in [1.29, 1.82) is 0 Å². The SMILES string of the molecule is CO[C@H]1/C=C/O[C@@]2(C)Oc3c(C)c(O)c4c(O)c(c(/C=N/N5CCN(C)CC5)c([O-])c4c3C2=O)NC(=O)/C(C)=C\C=C\[C@H](C)[C@H](O)[C@@H](C)[C@@H](O)[C@@H](C)[C@H](OC(C)=O)[C@@H]1C.[Na+]. The number of likely N-dealkylation sites (N-methyl/N-ethyl adjacent to an activating group) is 1. The molecule has 1 amide bonds. The largest absolute Gasteiger partial charge is 1.00 e. The molecule has 9 atom stereocenters. The van der Waals surface area contributed by atoms with E-state index in [0.717, 1.165) is 0 Å². The Morgan fingerprint density at radius 2 is 1.65 bits per heavy atom. The number of ether oxygens (including phenoxy) is 4. The number of amides is 1. The topological polar surface area (TPSA) is 223 Å². The molecule has 0 spiro atoms. The van der Waals surface area contributed by atoms with Gasteiger partial charge in [0.1, 0.15) is 17.6 Å². The molecule has 17 heteroatoms. The average molecular weight is 845 g/mol. The molecule has 0 unspecified atom stereocenters. The van der Waals surface area contributed by atoms with Crippen molar-refractivity contribution in [2.24, 2.45) is 28.8 Å². The number of anilines is 1. The Labute approximate surface area is 372 Å². The Morgan fingerprint density at radius 3 is 2.27 bits per heavy atom. The molecule has 16 nitrogen and oxygen atoms in total. The standard InChI is InChI=1S/C43H58N4O12.Na/c1-21-12-11-13-22(2)42(55)45-33-28(20-44-47-17-15-46(9)16-18-47)37(52)30-31(38(33)53)36(51)26(6)40-32(30)41(54)43(8,59-40)57-19-14-29(56-10)23(3)39(58-27(7)48)25(5)35(50)24(4)34(21)49;/h11-14,19-21,23-25,29,34-35,39,49-53H,15-18H2,1-10H3,(H,45,55);/q;+1/p-1/b12-11+,19-14+,22-13-,44-20+;/t21-,23+,24+,25+,29-,34-,35+,39+,43-;/m0./s1. The van der Waals surface area contributed by atoms with Crippen LogP contribution in [0.1, 0.15) is 70.0 Å². The molecule has 0 aromatic heterocycles. The van der Waals surface area contributed by atoms with Crippen molar-refractivity contribution in [3.05, 3.63) is 52.8 Å². The molecule has 0 aliphatic carbocycles. The van der Waals surface area contributed by atoms with Gasteiger partial charge in [0, 0.05) is 87.5 Å². The number of allylic oxidation sites excluding steroid dienone is 2. The Hall–Kier alpha value is -4.16. The summed E-state index contributed by atoms with van der Waals surface area (Å²) in [7, 11) is 3.40. The molecular weight excluding hydrogens is 787 g/mol. The number of methoxy groups -OCH3 is 1. The molecule has 2 aromatic carbocycles. The maximum atomic E-state index is 14.7. The van der Waals surface area contributed by atoms with Crippen LogP contribution in [-0.4, -0.2) is 125 Å². The second kappa shape index (κ2) is 19.7. The van der Waals surface area contributed by atoms with Gasteiger partial charge in [-0.25, -0.2) is 0 Å². The third-order valence-electron chi connectivity index (χ3n) is 11.8. The van der Waals surface area contributed by atoms with Gasteiger partial charge < -0.3 is 54.7 Å². The summed E-state index contributed by atoms with van der Waals surface area (Å²) in [6, 6.07) is 0. The van der Waals surface area contributed by atoms with Crippen molar-refractivity contribution < 1.29 is 88.4 Å². The summed E-state index contributed by atoms with van der Waals surface area (Å²) in [6.45, 7) is 14.9. The molecule has 1 saturated heterocycles. The summed E-state index contributed by atoms with van der Waals surface area (Å²) in [5.41, 5.74) is -0.634. The van der Waals surface area contributed by atoms with Crippen LogP contribution in [0.4, 0.5) is 5.69 Å². The van der Waals surface area contributed by atoms with Gasteiger partial charge in [0.05, 0.1) is 47.4 Å². The van der Waals surface area contributed by atoms with Gasteiger partial charge in [-0.3, -0.25) is 19.4 Å². The monoisotopic (exact) mass is 844 g/mol. The van der Waals surface area contributed by atoms with E-state index in [4.69, 9.17) is 18.9 Å². The Balaban J connectivity index is 0.00000794. The van der Waals surface area contributed by atoms with Crippen LogP contribution in [0.25, 0.3) is 10.8 Å². The minimum Gasteiger partial charge on any atom is -0.872 e. The van der Waals surface area contributed by atoms with E-state index in [2.05, 4.69) is 15.3 Å². The van der Waals surface area contributed by atoms with Gasteiger partial charge in [-0.2, -0.15) is 5.10 Å². The summed E-state index contributed by atoms with van der Waals surface area (Å²) in [5, 5.41) is 69.1. The van der Waals surface area contributed by atoms with Crippen LogP contribution in [0, 0.1) is 30.6 Å². The van der Waals surface area contributed by atoms with E-state index in [1.807, 2.05) is 7.05 Å². The van der Waals surface area contributed by atoms with E-state index < -0.39 is 88.8 Å². The third-order valence-corrected chi connectivity index (χ3v) is 11.8. The maximum Gasteiger partial charge on any atom is 1.00 e. The van der Waals surface area contributed by atoms with Crippen molar-refractivity contribution in [2.75, 3.05) is 45.7 Å². The van der Waals surface area contributed by atoms with Crippen molar-refractivity contribution in [3.63, 3.8) is 0 Å². The summed E-state index contributed by atoms with van der Waals surface area (Å²) in [6.07, 6.45) is 4.70. The van der Waals surface area contributed by atoms with Crippen LogP contribution in [0.5, 0.6) is 23.0 Å². The fourth-order valence-electron chi connectivity index (χ4n) is 7.91. The average Bonchev–Trinajstić information content (AvgIpc) is 3.46. The first-order valence-electron chi connectivity index (χ1n) is 19.8. The molecule has 322 valence electrons. The first-order chi connectivity index (χ1) is 27.7. The number of phenols is 2. The fraction of sp³-hybridized carbons (Fsp3) is 0.535. The van der Waals surface area contributed by atoms with Crippen molar-refractivity contribution in [1.82, 2.24) is 9.91 Å². The number of hydrogen-bond donors (Lipinski definition) is 5. The third kappa shape index (κ3) is 9.65. The molecule has 6 rings (SSSR count). The molecule has 1 fully saturated rings. The number of hydrazone groups is 1. The number of aliphatic hydroxyl groups is 2. The molecule has 0 radical (unpaired) electrons. The Morgan fingerprint density at radius 1 is 1.00 bits per heavy atom. The first-order valence-corrected chi connectivity index (χ1v) is 19.8. The summed E-state index contributed by atoms with van der Waals surface area (Å²) in [5.74, 6) is -8.84. The Kier molecular flexibility index (Phi) is 15.9. The molecule has 60 heavy (non-hydrogen) atoms. The van der Waals surface area contributed by atoms with Crippen LogP contribution in [0.15, 0.2) is 41.2 Å². The molecule has 4 aliphatic rings. The number of benzene rings is 2. The number of Topliss-reactive ketones (excluding diaryl/α,β-unsaturated/α-hetero) is 1. The number of nitrogens with one attached hydrogen (secondary N) is 1. The number of carbonyl (C=O) groups excluding carboxylic acids is 3. The number of ketones is 1. The van der Waals surface area contributed by atoms with E-state index in [0.29, 0.717) is 26.2 Å². The van der Waals surface area contributed by atoms with E-state index in [1.54, 1.807) is 44.9 Å². The number of aliphatic hydroxyl groups excluding tert-OH is 2. The van der Waals surface area contributed by atoms with Gasteiger partial charge in [0.15, 0.2) is 5.75 Å². The van der Waals surface area contributed by atoms with Crippen LogP contribution in [0.2, 0.25) is 0 Å². The quantitative estimate of drug-likeness (QED) is 0.124. The van der Waals surface area contributed by atoms with E-state index >= 15 is 0 Å². The van der Waals surface area contributed by atoms with Crippen molar-refractivity contribution in [3.8, 4) is 23.0 Å². The summed E-state index contributed by atoms with van der Waals surface area (Å²) >= 11 is 0. The number of rotatable bonds is 4. The first kappa shape index (κ1) is 48.5. The minimum atomic E-state index is -2.07. The van der Waals surface area contributed by atoms with Crippen LogP contribution in [0.3, 0.4) is 0 Å². The van der Waals surface area contributed by atoms with Gasteiger partial charge in [-0.1, -0.05) is 51.7 Å². The normalized spacial score (nSPS) is 31.5. The van der Waals surface area contributed by atoms with Crippen LogP contribution >= 0.6 is 0 Å².